The number of nitrogens with two attached hydrogens (primary N) is 1. The number of nitrogens with one attached hydrogen (secondary N) is 1. The van der Waals surface area contributed by atoms with Crippen LogP contribution >= 0.6 is 11.8 Å². The van der Waals surface area contributed by atoms with E-state index in [0.717, 1.165) is 64.6 Å². The summed E-state index contributed by atoms with van der Waals surface area (Å²) in [7, 11) is 0. The molecule has 0 saturated carbocycles. The highest BCUT2D eigenvalue weighted by molar-refractivity contribution is 7.99. The molecule has 0 radical (unpaired) electrons. The highest BCUT2D eigenvalue weighted by Crippen LogP contribution is 2.50. The van der Waals surface area contributed by atoms with Gasteiger partial charge in [-0.1, -0.05) is 23.9 Å². The molecule has 1 atom stereocenters. The number of pyridine rings is 1. The molecule has 9 heteroatoms. The van der Waals surface area contributed by atoms with Crippen molar-refractivity contribution in [3.05, 3.63) is 72.6 Å². The molecular formula is C25H24N8S. The molecule has 1 aliphatic carbocycles. The number of aromatic nitrogens is 6. The zero-order valence-corrected chi connectivity index (χ0v) is 19.4. The fraction of sp³-hybridized carbons (Fsp3) is 0.280. The Morgan fingerprint density at radius 1 is 1.00 bits per heavy atom. The van der Waals surface area contributed by atoms with E-state index in [2.05, 4.69) is 41.6 Å². The van der Waals surface area contributed by atoms with Crippen LogP contribution in [0.4, 0.5) is 5.95 Å². The highest BCUT2D eigenvalue weighted by atomic mass is 32.2. The van der Waals surface area contributed by atoms with E-state index in [1.54, 1.807) is 11.8 Å². The van der Waals surface area contributed by atoms with E-state index in [0.29, 0.717) is 0 Å². The van der Waals surface area contributed by atoms with Gasteiger partial charge in [0.2, 0.25) is 5.95 Å². The summed E-state index contributed by atoms with van der Waals surface area (Å²) < 4.78 is 2.11. The van der Waals surface area contributed by atoms with Crippen LogP contribution in [0.25, 0.3) is 16.6 Å². The number of imidazole rings is 1. The third kappa shape index (κ3) is 2.97. The molecule has 3 N–H and O–H groups in total. The Bertz CT molecular complexity index is 1510. The number of piperidine rings is 1. The molecule has 8 nitrogen and oxygen atoms in total. The van der Waals surface area contributed by atoms with Gasteiger partial charge in [0.15, 0.2) is 5.65 Å². The lowest BCUT2D eigenvalue weighted by Crippen LogP contribution is -2.45. The molecule has 1 aliphatic heterocycles. The SMILES string of the molecule is N[C@@H]1c2cccnc2CC12CCN(c1ncc(Sc3cccc4[nH]ncc34)c3nccn13)CC2. The zero-order chi connectivity index (χ0) is 22.7. The standard InChI is InChI=1S/C25H24N8S/c26-22-16-3-2-8-27-19(16)13-25(22)6-10-32(11-7-25)24-29-15-21(23-28-9-12-33(23)24)34-20-5-1-4-18-17(20)14-30-31-18/h1-5,8-9,12,14-15,22H,6-7,10-11,13,26H2,(H,30,31)/t22-/m1/s1. The predicted molar refractivity (Wildman–Crippen MR) is 132 cm³/mol. The molecule has 4 aromatic heterocycles. The summed E-state index contributed by atoms with van der Waals surface area (Å²) in [6, 6.07) is 10.4. The van der Waals surface area contributed by atoms with E-state index >= 15 is 0 Å². The second kappa shape index (κ2) is 7.54. The molecule has 2 aliphatic rings. The van der Waals surface area contributed by atoms with Crippen molar-refractivity contribution in [2.75, 3.05) is 18.0 Å². The largest absolute Gasteiger partial charge is 0.342 e. The van der Waals surface area contributed by atoms with Gasteiger partial charge in [0.1, 0.15) is 0 Å². The molecular weight excluding hydrogens is 444 g/mol. The average molecular weight is 469 g/mol. The van der Waals surface area contributed by atoms with Crippen LogP contribution in [0.2, 0.25) is 0 Å². The van der Waals surface area contributed by atoms with Crippen molar-refractivity contribution in [1.82, 2.24) is 29.5 Å². The lowest BCUT2D eigenvalue weighted by atomic mass is 9.73. The van der Waals surface area contributed by atoms with Gasteiger partial charge < -0.3 is 10.6 Å². The first-order valence-electron chi connectivity index (χ1n) is 11.6. The minimum absolute atomic E-state index is 0.0592. The summed E-state index contributed by atoms with van der Waals surface area (Å²) in [6.45, 7) is 1.84. The Morgan fingerprint density at radius 2 is 1.91 bits per heavy atom. The maximum atomic E-state index is 6.74. The van der Waals surface area contributed by atoms with Crippen LogP contribution in [0.15, 0.2) is 71.1 Å². The fourth-order valence-corrected chi connectivity index (χ4v) is 6.64. The predicted octanol–water partition coefficient (Wildman–Crippen LogP) is 3.99. The number of rotatable bonds is 3. The smallest absolute Gasteiger partial charge is 0.211 e. The van der Waals surface area contributed by atoms with Gasteiger partial charge in [-0.3, -0.25) is 14.5 Å². The Morgan fingerprint density at radius 3 is 2.79 bits per heavy atom. The van der Waals surface area contributed by atoms with Gasteiger partial charge in [-0.15, -0.1) is 0 Å². The van der Waals surface area contributed by atoms with Crippen LogP contribution in [-0.2, 0) is 6.42 Å². The lowest BCUT2D eigenvalue weighted by Gasteiger charge is -2.42. The summed E-state index contributed by atoms with van der Waals surface area (Å²) in [4.78, 5) is 18.7. The maximum absolute atomic E-state index is 6.74. The van der Waals surface area contributed by atoms with Crippen LogP contribution in [0.1, 0.15) is 30.1 Å². The molecule has 0 bridgehead atoms. The normalized spacial score (nSPS) is 19.3. The Balaban J connectivity index is 1.16. The number of anilines is 1. The van der Waals surface area contributed by atoms with Crippen molar-refractivity contribution >= 4 is 34.3 Å². The molecule has 34 heavy (non-hydrogen) atoms. The molecule has 5 aromatic rings. The second-order valence-corrected chi connectivity index (χ2v) is 10.4. The fourth-order valence-electron chi connectivity index (χ4n) is 5.63. The Hall–Kier alpha value is -3.43. The van der Waals surface area contributed by atoms with Crippen LogP contribution in [0.5, 0.6) is 0 Å². The Kier molecular flexibility index (Phi) is 4.43. The van der Waals surface area contributed by atoms with Gasteiger partial charge in [0.05, 0.1) is 16.6 Å². The third-order valence-corrected chi connectivity index (χ3v) is 8.60. The molecule has 1 aromatic carbocycles. The van der Waals surface area contributed by atoms with E-state index in [1.165, 1.54) is 11.3 Å². The maximum Gasteiger partial charge on any atom is 0.211 e. The lowest BCUT2D eigenvalue weighted by molar-refractivity contribution is 0.186. The summed E-state index contributed by atoms with van der Waals surface area (Å²) in [5, 5.41) is 8.33. The summed E-state index contributed by atoms with van der Waals surface area (Å²) >= 11 is 1.67. The molecule has 0 unspecified atom stereocenters. The summed E-state index contributed by atoms with van der Waals surface area (Å²) in [5.74, 6) is 0.940. The van der Waals surface area contributed by atoms with Crippen molar-refractivity contribution in [2.24, 2.45) is 11.1 Å². The van der Waals surface area contributed by atoms with Gasteiger partial charge in [-0.2, -0.15) is 5.10 Å². The van der Waals surface area contributed by atoms with E-state index in [9.17, 15) is 0 Å². The number of hydrogen-bond donors (Lipinski definition) is 2. The first kappa shape index (κ1) is 20.0. The quantitative estimate of drug-likeness (QED) is 0.413. The van der Waals surface area contributed by atoms with E-state index in [1.807, 2.05) is 49.2 Å². The topological polar surface area (TPSA) is 101 Å². The zero-order valence-electron chi connectivity index (χ0n) is 18.6. The molecule has 0 amide bonds. The number of nitrogens with zero attached hydrogens (tertiary/aromatic N) is 6. The number of hydrogen-bond acceptors (Lipinski definition) is 7. The molecule has 170 valence electrons. The molecule has 7 rings (SSSR count). The number of fused-ring (bicyclic) bond motifs is 3. The Labute approximate surface area is 200 Å². The average Bonchev–Trinajstić information content (AvgIpc) is 3.60. The monoisotopic (exact) mass is 468 g/mol. The number of benzene rings is 1. The van der Waals surface area contributed by atoms with Crippen LogP contribution < -0.4 is 10.6 Å². The van der Waals surface area contributed by atoms with Gasteiger partial charge in [-0.05, 0) is 48.4 Å². The summed E-state index contributed by atoms with van der Waals surface area (Å²) in [6.07, 6.45) is 12.6. The first-order valence-corrected chi connectivity index (χ1v) is 12.4. The van der Waals surface area contributed by atoms with E-state index in [-0.39, 0.29) is 11.5 Å². The van der Waals surface area contributed by atoms with Crippen molar-refractivity contribution in [3.63, 3.8) is 0 Å². The summed E-state index contributed by atoms with van der Waals surface area (Å²) in [5.41, 5.74) is 11.2. The van der Waals surface area contributed by atoms with Crippen molar-refractivity contribution in [2.45, 2.75) is 35.1 Å². The second-order valence-electron chi connectivity index (χ2n) is 9.28. The molecule has 1 spiro atoms. The van der Waals surface area contributed by atoms with Crippen molar-refractivity contribution in [3.8, 4) is 0 Å². The number of aromatic amines is 1. The van der Waals surface area contributed by atoms with E-state index in [4.69, 9.17) is 10.7 Å². The minimum atomic E-state index is 0.0592. The van der Waals surface area contributed by atoms with Gasteiger partial charge in [-0.25, -0.2) is 9.97 Å². The molecule has 1 saturated heterocycles. The van der Waals surface area contributed by atoms with Gasteiger partial charge in [0, 0.05) is 59.9 Å². The van der Waals surface area contributed by atoms with E-state index < -0.39 is 0 Å². The van der Waals surface area contributed by atoms with Crippen molar-refractivity contribution < 1.29 is 0 Å². The highest BCUT2D eigenvalue weighted by Gasteiger charge is 2.46. The van der Waals surface area contributed by atoms with Crippen molar-refractivity contribution in [1.29, 1.82) is 0 Å². The van der Waals surface area contributed by atoms with Gasteiger partial charge in [0.25, 0.3) is 0 Å². The van der Waals surface area contributed by atoms with Gasteiger partial charge >= 0.3 is 0 Å². The van der Waals surface area contributed by atoms with Crippen LogP contribution in [0, 0.1) is 5.41 Å². The molecule has 1 fully saturated rings. The number of H-pyrrole nitrogens is 1. The molecule has 5 heterocycles. The first-order chi connectivity index (χ1) is 16.7. The third-order valence-electron chi connectivity index (χ3n) is 7.52. The minimum Gasteiger partial charge on any atom is -0.342 e. The van der Waals surface area contributed by atoms with Crippen LogP contribution in [-0.4, -0.2) is 42.6 Å². The van der Waals surface area contributed by atoms with Crippen LogP contribution in [0.3, 0.4) is 0 Å².